The van der Waals surface area contributed by atoms with Gasteiger partial charge in [0.05, 0.1) is 21.3 Å². The first-order valence-electron chi connectivity index (χ1n) is 8.83. The molecule has 0 N–H and O–H groups in total. The zero-order chi connectivity index (χ0) is 20.8. The lowest BCUT2D eigenvalue weighted by atomic mass is 10.1. The lowest BCUT2D eigenvalue weighted by Crippen LogP contribution is -2.02. The summed E-state index contributed by atoms with van der Waals surface area (Å²) in [5.41, 5.74) is 1.78. The molecule has 3 aromatic rings. The molecule has 3 rings (SSSR count). The molecule has 29 heavy (non-hydrogen) atoms. The van der Waals surface area contributed by atoms with E-state index >= 15 is 0 Å². The van der Waals surface area contributed by atoms with E-state index in [0.717, 1.165) is 16.3 Å². The van der Waals surface area contributed by atoms with Gasteiger partial charge in [0.1, 0.15) is 5.82 Å². The Balaban J connectivity index is 1.96. The maximum atomic E-state index is 13.1. The minimum absolute atomic E-state index is 0.252. The molecule has 0 spiro atoms. The normalized spacial score (nSPS) is 10.6. The second-order valence-corrected chi connectivity index (χ2v) is 6.98. The van der Waals surface area contributed by atoms with Gasteiger partial charge in [0, 0.05) is 17.9 Å². The molecule has 0 unspecified atom stereocenters. The van der Waals surface area contributed by atoms with Crippen molar-refractivity contribution in [2.45, 2.75) is 17.5 Å². The first-order chi connectivity index (χ1) is 14.1. The number of halogens is 1. The first-order valence-corrected chi connectivity index (χ1v) is 9.81. The number of nitrogens with zero attached hydrogens (tertiary/aromatic N) is 3. The van der Waals surface area contributed by atoms with Crippen LogP contribution in [0.15, 0.2) is 54.2 Å². The Bertz CT molecular complexity index is 964. The van der Waals surface area contributed by atoms with Crippen LogP contribution in [-0.2, 0) is 12.3 Å². The van der Waals surface area contributed by atoms with Crippen LogP contribution in [0.1, 0.15) is 5.56 Å². The van der Waals surface area contributed by atoms with Gasteiger partial charge in [-0.2, -0.15) is 0 Å². The van der Waals surface area contributed by atoms with Gasteiger partial charge in [0.15, 0.2) is 22.5 Å². The maximum Gasteiger partial charge on any atom is 0.203 e. The number of aromatic nitrogens is 3. The summed E-state index contributed by atoms with van der Waals surface area (Å²) in [5, 5.41) is 9.44. The fourth-order valence-electron chi connectivity index (χ4n) is 2.84. The third-order valence-electron chi connectivity index (χ3n) is 4.23. The van der Waals surface area contributed by atoms with E-state index in [1.54, 1.807) is 39.5 Å². The molecule has 0 saturated heterocycles. The van der Waals surface area contributed by atoms with Crippen LogP contribution >= 0.6 is 11.8 Å². The molecule has 0 aliphatic rings. The molecule has 1 heterocycles. The summed E-state index contributed by atoms with van der Waals surface area (Å²) in [6.45, 7) is 4.37. The Morgan fingerprint density at radius 1 is 1.03 bits per heavy atom. The van der Waals surface area contributed by atoms with Crippen LogP contribution in [0.5, 0.6) is 17.2 Å². The van der Waals surface area contributed by atoms with Crippen molar-refractivity contribution in [3.05, 3.63) is 60.4 Å². The van der Waals surface area contributed by atoms with Crippen LogP contribution in [0, 0.1) is 5.82 Å². The number of hydrogen-bond acceptors (Lipinski definition) is 6. The third-order valence-corrected chi connectivity index (χ3v) is 5.27. The van der Waals surface area contributed by atoms with Crippen molar-refractivity contribution >= 4 is 11.8 Å². The number of allylic oxidation sites excluding steroid dienone is 1. The summed E-state index contributed by atoms with van der Waals surface area (Å²) >= 11 is 1.52. The lowest BCUT2D eigenvalue weighted by Gasteiger charge is -2.14. The highest BCUT2D eigenvalue weighted by atomic mass is 32.2. The molecule has 0 aliphatic heterocycles. The maximum absolute atomic E-state index is 13.1. The molecule has 2 aromatic carbocycles. The van der Waals surface area contributed by atoms with Crippen molar-refractivity contribution in [3.8, 4) is 28.6 Å². The van der Waals surface area contributed by atoms with Gasteiger partial charge in [0.2, 0.25) is 5.75 Å². The van der Waals surface area contributed by atoms with Gasteiger partial charge < -0.3 is 14.2 Å². The zero-order valence-corrected chi connectivity index (χ0v) is 17.3. The summed E-state index contributed by atoms with van der Waals surface area (Å²) in [6.07, 6.45) is 1.78. The minimum atomic E-state index is -0.252. The first kappa shape index (κ1) is 20.7. The van der Waals surface area contributed by atoms with Crippen LogP contribution in [0.25, 0.3) is 11.4 Å². The highest BCUT2D eigenvalue weighted by Gasteiger charge is 2.19. The summed E-state index contributed by atoms with van der Waals surface area (Å²) in [7, 11) is 4.70. The largest absolute Gasteiger partial charge is 0.493 e. The van der Waals surface area contributed by atoms with Crippen molar-refractivity contribution in [2.75, 3.05) is 21.3 Å². The molecule has 1 aromatic heterocycles. The van der Waals surface area contributed by atoms with Crippen molar-refractivity contribution < 1.29 is 18.6 Å². The Hall–Kier alpha value is -3.00. The van der Waals surface area contributed by atoms with E-state index in [2.05, 4.69) is 16.8 Å². The highest BCUT2D eigenvalue weighted by molar-refractivity contribution is 7.98. The molecular weight excluding hydrogens is 393 g/mol. The van der Waals surface area contributed by atoms with Gasteiger partial charge in [-0.1, -0.05) is 30.0 Å². The molecule has 0 saturated carbocycles. The van der Waals surface area contributed by atoms with Crippen molar-refractivity contribution in [1.29, 1.82) is 0 Å². The van der Waals surface area contributed by atoms with Crippen LogP contribution in [0.4, 0.5) is 4.39 Å². The molecule has 0 radical (unpaired) electrons. The van der Waals surface area contributed by atoms with Gasteiger partial charge in [-0.05, 0) is 29.8 Å². The fraction of sp³-hybridized carbons (Fsp3) is 0.238. The van der Waals surface area contributed by atoms with Gasteiger partial charge in [-0.3, -0.25) is 4.57 Å². The van der Waals surface area contributed by atoms with Crippen LogP contribution in [0.2, 0.25) is 0 Å². The quantitative estimate of drug-likeness (QED) is 0.376. The zero-order valence-electron chi connectivity index (χ0n) is 16.5. The molecule has 6 nitrogen and oxygen atoms in total. The van der Waals surface area contributed by atoms with E-state index in [1.165, 1.54) is 23.9 Å². The van der Waals surface area contributed by atoms with E-state index in [0.29, 0.717) is 35.4 Å². The average molecular weight is 415 g/mol. The van der Waals surface area contributed by atoms with Crippen LogP contribution in [0.3, 0.4) is 0 Å². The number of thioether (sulfide) groups is 1. The second kappa shape index (κ2) is 9.47. The molecule has 0 atom stereocenters. The van der Waals surface area contributed by atoms with E-state index in [4.69, 9.17) is 14.2 Å². The number of hydrogen-bond donors (Lipinski definition) is 0. The predicted molar refractivity (Wildman–Crippen MR) is 111 cm³/mol. The van der Waals surface area contributed by atoms with Crippen LogP contribution < -0.4 is 14.2 Å². The molecule has 0 amide bonds. The van der Waals surface area contributed by atoms with Gasteiger partial charge >= 0.3 is 0 Å². The van der Waals surface area contributed by atoms with Crippen molar-refractivity contribution in [3.63, 3.8) is 0 Å². The van der Waals surface area contributed by atoms with E-state index in [9.17, 15) is 4.39 Å². The van der Waals surface area contributed by atoms with E-state index < -0.39 is 0 Å². The summed E-state index contributed by atoms with van der Waals surface area (Å²) in [5.74, 6) is 2.64. The highest BCUT2D eigenvalue weighted by Crippen LogP contribution is 2.41. The second-order valence-electron chi connectivity index (χ2n) is 6.03. The van der Waals surface area contributed by atoms with E-state index in [-0.39, 0.29) is 5.82 Å². The fourth-order valence-corrected chi connectivity index (χ4v) is 3.75. The standard InChI is InChI=1S/C21H22FN3O3S/c1-5-10-25-20(15-11-17(26-2)19(28-4)18(12-15)27-3)23-24-21(25)29-13-14-6-8-16(22)9-7-14/h5-9,11-12H,1,10,13H2,2-4H3. The number of methoxy groups -OCH3 is 3. The Labute approximate surface area is 173 Å². The molecule has 152 valence electrons. The lowest BCUT2D eigenvalue weighted by molar-refractivity contribution is 0.324. The Morgan fingerprint density at radius 3 is 2.24 bits per heavy atom. The van der Waals surface area contributed by atoms with Gasteiger partial charge in [-0.15, -0.1) is 16.8 Å². The van der Waals surface area contributed by atoms with Gasteiger partial charge in [-0.25, -0.2) is 4.39 Å². The summed E-state index contributed by atoms with van der Waals surface area (Å²) < 4.78 is 31.3. The number of rotatable bonds is 9. The average Bonchev–Trinajstić information content (AvgIpc) is 3.15. The molecule has 0 bridgehead atoms. The predicted octanol–water partition coefficient (Wildman–Crippen LogP) is 4.59. The Morgan fingerprint density at radius 2 is 1.69 bits per heavy atom. The van der Waals surface area contributed by atoms with Gasteiger partial charge in [0.25, 0.3) is 0 Å². The summed E-state index contributed by atoms with van der Waals surface area (Å²) in [6, 6.07) is 10.1. The minimum Gasteiger partial charge on any atom is -0.493 e. The van der Waals surface area contributed by atoms with Crippen molar-refractivity contribution in [2.24, 2.45) is 0 Å². The molecule has 0 fully saturated rings. The number of ether oxygens (including phenoxy) is 3. The SMILES string of the molecule is C=CCn1c(SCc2ccc(F)cc2)nnc1-c1cc(OC)c(OC)c(OC)c1. The van der Waals surface area contributed by atoms with Crippen molar-refractivity contribution in [1.82, 2.24) is 14.8 Å². The molecule has 8 heteroatoms. The molecular formula is C21H22FN3O3S. The topological polar surface area (TPSA) is 58.4 Å². The van der Waals surface area contributed by atoms with E-state index in [1.807, 2.05) is 16.7 Å². The van der Waals surface area contributed by atoms with Crippen LogP contribution in [-0.4, -0.2) is 36.1 Å². The summed E-state index contributed by atoms with van der Waals surface area (Å²) in [4.78, 5) is 0. The Kier molecular flexibility index (Phi) is 6.77. The molecule has 0 aliphatic carbocycles. The monoisotopic (exact) mass is 415 g/mol. The third kappa shape index (κ3) is 4.54. The number of benzene rings is 2. The smallest absolute Gasteiger partial charge is 0.203 e.